The van der Waals surface area contributed by atoms with E-state index < -0.39 is 5.82 Å². The van der Waals surface area contributed by atoms with E-state index in [1.54, 1.807) is 7.05 Å². The van der Waals surface area contributed by atoms with E-state index >= 15 is 0 Å². The molecule has 2 N–H and O–H groups in total. The molecule has 0 unspecified atom stereocenters. The Kier molecular flexibility index (Phi) is 4.80. The minimum Gasteiger partial charge on any atom is -0.387 e. The summed E-state index contributed by atoms with van der Waals surface area (Å²) in [6.45, 7) is 0. The molecule has 1 aromatic carbocycles. The maximum atomic E-state index is 13.2. The van der Waals surface area contributed by atoms with E-state index in [4.69, 9.17) is 28.6 Å². The molecule has 0 aliphatic heterocycles. The lowest BCUT2D eigenvalue weighted by Crippen LogP contribution is -2.18. The van der Waals surface area contributed by atoms with E-state index in [0.29, 0.717) is 47.2 Å². The van der Waals surface area contributed by atoms with E-state index in [0.717, 1.165) is 0 Å². The zero-order valence-corrected chi connectivity index (χ0v) is 12.8. The number of carbonyl (C=O) groups excluding carboxylic acids is 1. The summed E-state index contributed by atoms with van der Waals surface area (Å²) in [7, 11) is 1.66. The molecule has 6 heteroatoms. The average molecular weight is 327 g/mol. The van der Waals surface area contributed by atoms with Gasteiger partial charge in [-0.25, -0.2) is 4.39 Å². The lowest BCUT2D eigenvalue weighted by molar-refractivity contribution is -0.105. The summed E-state index contributed by atoms with van der Waals surface area (Å²) >= 11 is 12.3. The first kappa shape index (κ1) is 15.7. The molecule has 0 saturated heterocycles. The quantitative estimate of drug-likeness (QED) is 0.827. The van der Waals surface area contributed by atoms with Crippen LogP contribution in [0.5, 0.6) is 0 Å². The van der Waals surface area contributed by atoms with Crippen molar-refractivity contribution in [2.24, 2.45) is 0 Å². The molecule has 0 amide bonds. The molecular weight excluding hydrogens is 314 g/mol. The number of hydrogen-bond acceptors (Lipinski definition) is 3. The summed E-state index contributed by atoms with van der Waals surface area (Å²) < 4.78 is 13.2. The standard InChI is InChI=1S/C15H13Cl2FN2O/c1-20-15(10-4-3-9(18)6-11(10)16)13-12(19)5-2-8(7-21)14(13)17/h3-4,6-7,19-20H,2,5H2,1H3/b15-13+,19-12?. The predicted molar refractivity (Wildman–Crippen MR) is 83.3 cm³/mol. The third-order valence-electron chi connectivity index (χ3n) is 3.29. The maximum Gasteiger partial charge on any atom is 0.147 e. The van der Waals surface area contributed by atoms with E-state index in [1.165, 1.54) is 18.2 Å². The van der Waals surface area contributed by atoms with Gasteiger partial charge in [0.2, 0.25) is 0 Å². The number of benzene rings is 1. The second kappa shape index (κ2) is 6.41. The van der Waals surface area contributed by atoms with Crippen LogP contribution in [0.2, 0.25) is 5.02 Å². The van der Waals surface area contributed by atoms with Crippen molar-refractivity contribution in [3.8, 4) is 0 Å². The molecule has 0 radical (unpaired) electrons. The van der Waals surface area contributed by atoms with Gasteiger partial charge in [-0.05, 0) is 31.0 Å². The summed E-state index contributed by atoms with van der Waals surface area (Å²) in [6, 6.07) is 3.99. The van der Waals surface area contributed by atoms with Crippen LogP contribution in [-0.2, 0) is 4.79 Å². The fraction of sp³-hybridized carbons (Fsp3) is 0.200. The van der Waals surface area contributed by atoms with E-state index in [1.807, 2.05) is 0 Å². The molecule has 0 spiro atoms. The molecule has 0 atom stereocenters. The fourth-order valence-corrected chi connectivity index (χ4v) is 2.85. The van der Waals surface area contributed by atoms with Gasteiger partial charge in [0.05, 0.1) is 15.8 Å². The SMILES string of the molecule is CN/C(=C1\C(=N)CCC(C=O)=C1Cl)c1ccc(F)cc1Cl. The number of hydrogen-bond donors (Lipinski definition) is 2. The number of nitrogens with one attached hydrogen (secondary N) is 2. The van der Waals surface area contributed by atoms with Crippen LogP contribution in [0.1, 0.15) is 18.4 Å². The Morgan fingerprint density at radius 3 is 2.67 bits per heavy atom. The van der Waals surface area contributed by atoms with Crippen LogP contribution >= 0.6 is 23.2 Å². The normalized spacial score (nSPS) is 17.8. The van der Waals surface area contributed by atoms with Gasteiger partial charge in [0.1, 0.15) is 12.1 Å². The molecule has 0 heterocycles. The number of aldehydes is 1. The van der Waals surface area contributed by atoms with Gasteiger partial charge in [0.15, 0.2) is 0 Å². The number of halogens is 3. The van der Waals surface area contributed by atoms with Gasteiger partial charge in [-0.3, -0.25) is 4.79 Å². The van der Waals surface area contributed by atoms with Crippen molar-refractivity contribution in [2.45, 2.75) is 12.8 Å². The van der Waals surface area contributed by atoms with Crippen molar-refractivity contribution in [3.05, 3.63) is 50.8 Å². The van der Waals surface area contributed by atoms with Gasteiger partial charge in [-0.15, -0.1) is 0 Å². The zero-order valence-electron chi connectivity index (χ0n) is 11.3. The van der Waals surface area contributed by atoms with Crippen LogP contribution in [0.15, 0.2) is 34.4 Å². The van der Waals surface area contributed by atoms with Crippen molar-refractivity contribution in [1.29, 1.82) is 5.41 Å². The first-order valence-electron chi connectivity index (χ1n) is 6.29. The van der Waals surface area contributed by atoms with E-state index in [9.17, 15) is 9.18 Å². The lowest BCUT2D eigenvalue weighted by Gasteiger charge is -2.22. The Morgan fingerprint density at radius 2 is 2.10 bits per heavy atom. The van der Waals surface area contributed by atoms with Crippen molar-refractivity contribution >= 4 is 40.9 Å². The smallest absolute Gasteiger partial charge is 0.147 e. The van der Waals surface area contributed by atoms with E-state index in [2.05, 4.69) is 5.32 Å². The molecule has 1 aliphatic carbocycles. The van der Waals surface area contributed by atoms with Crippen LogP contribution in [0.3, 0.4) is 0 Å². The molecule has 3 nitrogen and oxygen atoms in total. The van der Waals surface area contributed by atoms with Gasteiger partial charge in [-0.1, -0.05) is 23.2 Å². The van der Waals surface area contributed by atoms with Crippen LogP contribution in [0.25, 0.3) is 5.70 Å². The van der Waals surface area contributed by atoms with Crippen LogP contribution in [-0.4, -0.2) is 19.0 Å². The summed E-state index contributed by atoms with van der Waals surface area (Å²) in [6.07, 6.45) is 1.57. The molecule has 0 fully saturated rings. The highest BCUT2D eigenvalue weighted by Gasteiger charge is 2.24. The van der Waals surface area contributed by atoms with Crippen LogP contribution < -0.4 is 5.32 Å². The van der Waals surface area contributed by atoms with Gasteiger partial charge < -0.3 is 10.7 Å². The van der Waals surface area contributed by atoms with Crippen molar-refractivity contribution in [2.75, 3.05) is 7.05 Å². The highest BCUT2D eigenvalue weighted by atomic mass is 35.5. The minimum atomic E-state index is -0.446. The molecule has 1 aliphatic rings. The van der Waals surface area contributed by atoms with Crippen LogP contribution in [0, 0.1) is 11.2 Å². The zero-order chi connectivity index (χ0) is 15.6. The lowest BCUT2D eigenvalue weighted by atomic mass is 9.90. The maximum absolute atomic E-state index is 13.2. The number of rotatable bonds is 3. The predicted octanol–water partition coefficient (Wildman–Crippen LogP) is 3.91. The largest absolute Gasteiger partial charge is 0.387 e. The molecular formula is C15H13Cl2FN2O. The summed E-state index contributed by atoms with van der Waals surface area (Å²) in [5.41, 5.74) is 2.24. The Morgan fingerprint density at radius 1 is 1.38 bits per heavy atom. The van der Waals surface area contributed by atoms with Crippen LogP contribution in [0.4, 0.5) is 4.39 Å². The van der Waals surface area contributed by atoms with Gasteiger partial charge in [0, 0.05) is 29.5 Å². The molecule has 110 valence electrons. The van der Waals surface area contributed by atoms with Gasteiger partial charge in [0.25, 0.3) is 0 Å². The molecule has 2 rings (SSSR count). The minimum absolute atomic E-state index is 0.211. The molecule has 0 bridgehead atoms. The molecule has 0 aromatic heterocycles. The molecule has 21 heavy (non-hydrogen) atoms. The van der Waals surface area contributed by atoms with Gasteiger partial charge in [-0.2, -0.15) is 0 Å². The highest BCUT2D eigenvalue weighted by Crippen LogP contribution is 2.35. The Balaban J connectivity index is 2.71. The fourth-order valence-electron chi connectivity index (χ4n) is 2.25. The number of carbonyl (C=O) groups is 1. The summed E-state index contributed by atoms with van der Waals surface area (Å²) in [5.74, 6) is -0.446. The first-order chi connectivity index (χ1) is 9.99. The topological polar surface area (TPSA) is 53.0 Å². The third kappa shape index (κ3) is 3.01. The average Bonchev–Trinajstić information content (AvgIpc) is 2.44. The highest BCUT2D eigenvalue weighted by molar-refractivity contribution is 6.39. The monoisotopic (exact) mass is 326 g/mol. The second-order valence-electron chi connectivity index (χ2n) is 4.56. The van der Waals surface area contributed by atoms with Crippen molar-refractivity contribution in [3.63, 3.8) is 0 Å². The van der Waals surface area contributed by atoms with Gasteiger partial charge >= 0.3 is 0 Å². The Labute approximate surface area is 131 Å². The Hall–Kier alpha value is -1.65. The Bertz CT molecular complexity index is 680. The van der Waals surface area contributed by atoms with Crippen molar-refractivity contribution in [1.82, 2.24) is 5.32 Å². The first-order valence-corrected chi connectivity index (χ1v) is 7.04. The summed E-state index contributed by atoms with van der Waals surface area (Å²) in [5, 5.41) is 11.5. The third-order valence-corrected chi connectivity index (χ3v) is 4.03. The second-order valence-corrected chi connectivity index (χ2v) is 5.34. The molecule has 1 aromatic rings. The van der Waals surface area contributed by atoms with E-state index in [-0.39, 0.29) is 10.1 Å². The summed E-state index contributed by atoms with van der Waals surface area (Å²) in [4.78, 5) is 11.1. The van der Waals surface area contributed by atoms with Crippen molar-refractivity contribution < 1.29 is 9.18 Å². The molecule has 0 saturated carbocycles. The number of allylic oxidation sites excluding steroid dienone is 3.